The van der Waals surface area contributed by atoms with E-state index in [1.54, 1.807) is 0 Å². The van der Waals surface area contributed by atoms with E-state index in [1.807, 2.05) is 0 Å². The van der Waals surface area contributed by atoms with Gasteiger partial charge < -0.3 is 9.47 Å². The molecule has 0 saturated carbocycles. The quantitative estimate of drug-likeness (QED) is 0.639. The summed E-state index contributed by atoms with van der Waals surface area (Å²) >= 11 is 0. The highest BCUT2D eigenvalue weighted by Gasteiger charge is 2.34. The average molecular weight is 276 g/mol. The standard InChI is InChI=1S/C18H28O2/c1-2-3-4-5-9-13-18(19-14-10-15-20-18)16-17-11-7-6-8-12-17/h6-8,11-12H,2-5,9-10,13-16H2,1H3. The van der Waals surface area contributed by atoms with Gasteiger partial charge in [-0.25, -0.2) is 0 Å². The monoisotopic (exact) mass is 276 g/mol. The van der Waals surface area contributed by atoms with Crippen LogP contribution in [0.25, 0.3) is 0 Å². The number of unbranched alkanes of at least 4 members (excludes halogenated alkanes) is 4. The van der Waals surface area contributed by atoms with Crippen LogP contribution in [0.3, 0.4) is 0 Å². The Kier molecular flexibility index (Phi) is 6.55. The van der Waals surface area contributed by atoms with Crippen LogP contribution in [0.5, 0.6) is 0 Å². The summed E-state index contributed by atoms with van der Waals surface area (Å²) in [5.41, 5.74) is 1.31. The molecule has 0 N–H and O–H groups in total. The van der Waals surface area contributed by atoms with Crippen LogP contribution >= 0.6 is 0 Å². The largest absolute Gasteiger partial charge is 0.349 e. The fraction of sp³-hybridized carbons (Fsp3) is 0.667. The average Bonchev–Trinajstić information content (AvgIpc) is 2.49. The van der Waals surface area contributed by atoms with Gasteiger partial charge in [0.2, 0.25) is 0 Å². The molecule has 0 amide bonds. The SMILES string of the molecule is CCCCCCCC1(Cc2ccccc2)OCCCO1. The molecule has 1 saturated heterocycles. The van der Waals surface area contributed by atoms with E-state index in [0.717, 1.165) is 32.5 Å². The van der Waals surface area contributed by atoms with Gasteiger partial charge in [-0.1, -0.05) is 62.9 Å². The molecule has 1 aliphatic heterocycles. The Bertz CT molecular complexity index is 355. The van der Waals surface area contributed by atoms with Crippen LogP contribution in [0.15, 0.2) is 30.3 Å². The number of ether oxygens (including phenoxy) is 2. The molecule has 2 nitrogen and oxygen atoms in total. The van der Waals surface area contributed by atoms with Crippen molar-refractivity contribution in [2.75, 3.05) is 13.2 Å². The van der Waals surface area contributed by atoms with Crippen molar-refractivity contribution in [3.8, 4) is 0 Å². The molecule has 2 rings (SSSR count). The maximum absolute atomic E-state index is 6.05. The Balaban J connectivity index is 1.88. The van der Waals surface area contributed by atoms with E-state index in [1.165, 1.54) is 37.7 Å². The smallest absolute Gasteiger partial charge is 0.172 e. The van der Waals surface area contributed by atoms with Crippen molar-refractivity contribution in [2.45, 2.75) is 64.1 Å². The molecule has 0 aliphatic carbocycles. The maximum atomic E-state index is 6.05. The van der Waals surface area contributed by atoms with Gasteiger partial charge in [0.05, 0.1) is 13.2 Å². The molecule has 1 heterocycles. The zero-order valence-electron chi connectivity index (χ0n) is 12.8. The summed E-state index contributed by atoms with van der Waals surface area (Å²) in [6.45, 7) is 3.92. The second kappa shape index (κ2) is 8.43. The van der Waals surface area contributed by atoms with Gasteiger partial charge in [0.15, 0.2) is 5.79 Å². The molecule has 1 aliphatic rings. The van der Waals surface area contributed by atoms with Crippen molar-refractivity contribution in [1.29, 1.82) is 0 Å². The van der Waals surface area contributed by atoms with Gasteiger partial charge in [-0.05, 0) is 18.4 Å². The summed E-state index contributed by atoms with van der Waals surface area (Å²) in [7, 11) is 0. The molecular weight excluding hydrogens is 248 g/mol. The molecule has 0 spiro atoms. The third-order valence-corrected chi connectivity index (χ3v) is 4.00. The first-order chi connectivity index (χ1) is 9.85. The molecule has 0 radical (unpaired) electrons. The topological polar surface area (TPSA) is 18.5 Å². The lowest BCUT2D eigenvalue weighted by Crippen LogP contribution is -2.42. The fourth-order valence-electron chi connectivity index (χ4n) is 2.86. The van der Waals surface area contributed by atoms with Crippen LogP contribution < -0.4 is 0 Å². The van der Waals surface area contributed by atoms with Gasteiger partial charge >= 0.3 is 0 Å². The Morgan fingerprint density at radius 3 is 2.35 bits per heavy atom. The lowest BCUT2D eigenvalue weighted by atomic mass is 9.97. The third kappa shape index (κ3) is 4.92. The number of benzene rings is 1. The number of hydrogen-bond donors (Lipinski definition) is 0. The van der Waals surface area contributed by atoms with Crippen molar-refractivity contribution in [2.24, 2.45) is 0 Å². The van der Waals surface area contributed by atoms with E-state index in [0.29, 0.717) is 0 Å². The summed E-state index contributed by atoms with van der Waals surface area (Å²) < 4.78 is 12.1. The van der Waals surface area contributed by atoms with E-state index >= 15 is 0 Å². The van der Waals surface area contributed by atoms with E-state index in [-0.39, 0.29) is 5.79 Å². The first kappa shape index (κ1) is 15.5. The summed E-state index contributed by atoms with van der Waals surface area (Å²) in [6, 6.07) is 10.6. The third-order valence-electron chi connectivity index (χ3n) is 4.00. The molecule has 1 fully saturated rings. The van der Waals surface area contributed by atoms with Gasteiger partial charge in [-0.2, -0.15) is 0 Å². The first-order valence-electron chi connectivity index (χ1n) is 8.16. The van der Waals surface area contributed by atoms with Crippen LogP contribution in [-0.2, 0) is 15.9 Å². The van der Waals surface area contributed by atoms with E-state index in [4.69, 9.17) is 9.47 Å². The molecule has 0 bridgehead atoms. The highest BCUT2D eigenvalue weighted by atomic mass is 16.7. The highest BCUT2D eigenvalue weighted by Crippen LogP contribution is 2.29. The van der Waals surface area contributed by atoms with Crippen molar-refractivity contribution in [3.63, 3.8) is 0 Å². The molecular formula is C18H28O2. The maximum Gasteiger partial charge on any atom is 0.172 e. The molecule has 0 unspecified atom stereocenters. The minimum Gasteiger partial charge on any atom is -0.349 e. The molecule has 1 aromatic rings. The summed E-state index contributed by atoms with van der Waals surface area (Å²) in [6.07, 6.45) is 9.37. The Labute approximate surface area is 123 Å². The van der Waals surface area contributed by atoms with Crippen molar-refractivity contribution < 1.29 is 9.47 Å². The zero-order chi connectivity index (χ0) is 14.1. The molecule has 0 atom stereocenters. The normalized spacial score (nSPS) is 18.1. The van der Waals surface area contributed by atoms with E-state index in [2.05, 4.69) is 37.3 Å². The predicted molar refractivity (Wildman–Crippen MR) is 82.8 cm³/mol. The molecule has 20 heavy (non-hydrogen) atoms. The lowest BCUT2D eigenvalue weighted by molar-refractivity contribution is -0.269. The van der Waals surface area contributed by atoms with Gasteiger partial charge in [0, 0.05) is 12.8 Å². The minimum atomic E-state index is -0.369. The van der Waals surface area contributed by atoms with Gasteiger partial charge in [0.1, 0.15) is 0 Å². The van der Waals surface area contributed by atoms with Crippen LogP contribution in [0.1, 0.15) is 57.4 Å². The molecule has 112 valence electrons. The molecule has 1 aromatic carbocycles. The van der Waals surface area contributed by atoms with Gasteiger partial charge in [0.25, 0.3) is 0 Å². The summed E-state index contributed by atoms with van der Waals surface area (Å²) in [4.78, 5) is 0. The Morgan fingerprint density at radius 2 is 1.65 bits per heavy atom. The van der Waals surface area contributed by atoms with E-state index in [9.17, 15) is 0 Å². The Morgan fingerprint density at radius 1 is 0.950 bits per heavy atom. The van der Waals surface area contributed by atoms with Gasteiger partial charge in [-0.15, -0.1) is 0 Å². The van der Waals surface area contributed by atoms with Gasteiger partial charge in [-0.3, -0.25) is 0 Å². The second-order valence-corrected chi connectivity index (χ2v) is 5.79. The zero-order valence-corrected chi connectivity index (χ0v) is 12.8. The fourth-order valence-corrected chi connectivity index (χ4v) is 2.86. The first-order valence-corrected chi connectivity index (χ1v) is 8.16. The second-order valence-electron chi connectivity index (χ2n) is 5.79. The van der Waals surface area contributed by atoms with Crippen LogP contribution in [0, 0.1) is 0 Å². The van der Waals surface area contributed by atoms with Crippen molar-refractivity contribution in [1.82, 2.24) is 0 Å². The lowest BCUT2D eigenvalue weighted by Gasteiger charge is -2.37. The van der Waals surface area contributed by atoms with Crippen molar-refractivity contribution >= 4 is 0 Å². The van der Waals surface area contributed by atoms with Crippen LogP contribution in [0.4, 0.5) is 0 Å². The van der Waals surface area contributed by atoms with Crippen molar-refractivity contribution in [3.05, 3.63) is 35.9 Å². The molecule has 0 aromatic heterocycles. The number of rotatable bonds is 8. The van der Waals surface area contributed by atoms with Crippen LogP contribution in [-0.4, -0.2) is 19.0 Å². The Hall–Kier alpha value is -0.860. The number of hydrogen-bond acceptors (Lipinski definition) is 2. The summed E-state index contributed by atoms with van der Waals surface area (Å²) in [5.74, 6) is -0.369. The van der Waals surface area contributed by atoms with E-state index < -0.39 is 0 Å². The highest BCUT2D eigenvalue weighted by molar-refractivity contribution is 5.16. The summed E-state index contributed by atoms with van der Waals surface area (Å²) in [5, 5.41) is 0. The predicted octanol–water partition coefficient (Wildman–Crippen LogP) is 4.72. The minimum absolute atomic E-state index is 0.369. The molecule has 2 heteroatoms. The van der Waals surface area contributed by atoms with Crippen LogP contribution in [0.2, 0.25) is 0 Å².